The van der Waals surface area contributed by atoms with E-state index in [2.05, 4.69) is 9.55 Å². The molecule has 0 radical (unpaired) electrons. The molecule has 3 rings (SSSR count). The van der Waals surface area contributed by atoms with Crippen LogP contribution in [0.15, 0.2) is 6.20 Å². The van der Waals surface area contributed by atoms with Crippen LogP contribution < -0.4 is 0 Å². The van der Waals surface area contributed by atoms with Crippen molar-refractivity contribution in [1.29, 1.82) is 0 Å². The van der Waals surface area contributed by atoms with Gasteiger partial charge in [0, 0.05) is 17.8 Å². The lowest BCUT2D eigenvalue weighted by Crippen LogP contribution is -2.28. The number of aliphatic hydroxyl groups excluding tert-OH is 1. The summed E-state index contributed by atoms with van der Waals surface area (Å²) in [4.78, 5) is 4.46. The summed E-state index contributed by atoms with van der Waals surface area (Å²) >= 11 is 0. The third kappa shape index (κ3) is 2.19. The molecule has 0 aromatic carbocycles. The molecule has 1 aromatic rings. The molecule has 1 fully saturated rings. The maximum atomic E-state index is 11.4. The maximum Gasteiger partial charge on any atom is 0.150 e. The topological polar surface area (TPSA) is 72.2 Å². The molecule has 100 valence electrons. The molecule has 1 unspecified atom stereocenters. The van der Waals surface area contributed by atoms with E-state index in [0.29, 0.717) is 19.4 Å². The molecule has 0 bridgehead atoms. The van der Waals surface area contributed by atoms with Gasteiger partial charge in [0.15, 0.2) is 0 Å². The van der Waals surface area contributed by atoms with Crippen LogP contribution in [-0.2, 0) is 22.8 Å². The van der Waals surface area contributed by atoms with Crippen molar-refractivity contribution in [3.8, 4) is 0 Å². The van der Waals surface area contributed by atoms with E-state index in [9.17, 15) is 13.5 Å². The first-order valence-corrected chi connectivity index (χ1v) is 8.30. The number of hydrogen-bond acceptors (Lipinski definition) is 4. The number of aliphatic hydroxyl groups is 1. The van der Waals surface area contributed by atoms with Gasteiger partial charge in [-0.2, -0.15) is 0 Å². The molecule has 0 saturated carbocycles. The van der Waals surface area contributed by atoms with Gasteiger partial charge in [0.2, 0.25) is 0 Å². The fourth-order valence-corrected chi connectivity index (χ4v) is 4.42. The van der Waals surface area contributed by atoms with Gasteiger partial charge < -0.3 is 9.67 Å². The Morgan fingerprint density at radius 1 is 1.28 bits per heavy atom. The molecule has 1 N–H and O–H groups in total. The smallest absolute Gasteiger partial charge is 0.150 e. The zero-order valence-corrected chi connectivity index (χ0v) is 11.1. The van der Waals surface area contributed by atoms with E-state index in [1.54, 1.807) is 0 Å². The van der Waals surface area contributed by atoms with Gasteiger partial charge >= 0.3 is 0 Å². The first-order chi connectivity index (χ1) is 8.55. The van der Waals surface area contributed by atoms with Gasteiger partial charge in [0.25, 0.3) is 0 Å². The Bertz CT molecular complexity index is 536. The van der Waals surface area contributed by atoms with Gasteiger partial charge in [-0.05, 0) is 25.7 Å². The predicted octanol–water partition coefficient (Wildman–Crippen LogP) is 0.482. The second-order valence-electron chi connectivity index (χ2n) is 5.34. The maximum absolute atomic E-state index is 11.4. The second-order valence-corrected chi connectivity index (χ2v) is 7.64. The normalized spacial score (nSPS) is 27.9. The molecule has 0 aliphatic carbocycles. The molecule has 0 amide bonds. The van der Waals surface area contributed by atoms with Crippen LogP contribution >= 0.6 is 0 Å². The van der Waals surface area contributed by atoms with Gasteiger partial charge in [-0.15, -0.1) is 0 Å². The summed E-state index contributed by atoms with van der Waals surface area (Å²) in [5, 5.41) is 9.74. The highest BCUT2D eigenvalue weighted by Gasteiger charge is 2.29. The van der Waals surface area contributed by atoms with E-state index >= 15 is 0 Å². The van der Waals surface area contributed by atoms with E-state index < -0.39 is 9.84 Å². The standard InChI is InChI=1S/C12H18N2O3S/c15-11-2-1-10-7-13-12(14(10)8-11)9-3-5-18(16,17)6-4-9/h7,9,11,15H,1-6,8H2. The van der Waals surface area contributed by atoms with Crippen LogP contribution in [0.25, 0.3) is 0 Å². The van der Waals surface area contributed by atoms with Crippen LogP contribution in [0.5, 0.6) is 0 Å². The number of fused-ring (bicyclic) bond motifs is 1. The summed E-state index contributed by atoms with van der Waals surface area (Å²) in [5.41, 5.74) is 1.17. The molecule has 1 aromatic heterocycles. The molecule has 6 heteroatoms. The number of rotatable bonds is 1. The van der Waals surface area contributed by atoms with Crippen molar-refractivity contribution in [2.45, 2.75) is 44.2 Å². The van der Waals surface area contributed by atoms with Crippen LogP contribution in [-0.4, -0.2) is 40.7 Å². The van der Waals surface area contributed by atoms with E-state index in [1.807, 2.05) is 6.20 Å². The quantitative estimate of drug-likeness (QED) is 0.806. The molecular weight excluding hydrogens is 252 g/mol. The third-order valence-corrected chi connectivity index (χ3v) is 5.73. The van der Waals surface area contributed by atoms with Crippen molar-refractivity contribution in [2.24, 2.45) is 0 Å². The summed E-state index contributed by atoms with van der Waals surface area (Å²) in [6.07, 6.45) is 4.56. The van der Waals surface area contributed by atoms with Crippen molar-refractivity contribution in [1.82, 2.24) is 9.55 Å². The number of imidazole rings is 1. The van der Waals surface area contributed by atoms with E-state index in [-0.39, 0.29) is 23.5 Å². The Hall–Kier alpha value is -0.880. The van der Waals surface area contributed by atoms with E-state index in [1.165, 1.54) is 5.69 Å². The fourth-order valence-electron chi connectivity index (χ4n) is 2.93. The summed E-state index contributed by atoms with van der Waals surface area (Å²) in [7, 11) is -2.83. The molecule has 18 heavy (non-hydrogen) atoms. The number of sulfone groups is 1. The highest BCUT2D eigenvalue weighted by Crippen LogP contribution is 2.30. The number of aryl methyl sites for hydroxylation is 1. The minimum Gasteiger partial charge on any atom is -0.391 e. The Labute approximate surface area is 107 Å². The Morgan fingerprint density at radius 2 is 2.00 bits per heavy atom. The van der Waals surface area contributed by atoms with Crippen LogP contribution in [0.1, 0.15) is 36.7 Å². The van der Waals surface area contributed by atoms with Crippen molar-refractivity contribution in [3.63, 3.8) is 0 Å². The summed E-state index contributed by atoms with van der Waals surface area (Å²) < 4.78 is 25.0. The number of aromatic nitrogens is 2. The lowest BCUT2D eigenvalue weighted by molar-refractivity contribution is 0.129. The first-order valence-electron chi connectivity index (χ1n) is 6.48. The lowest BCUT2D eigenvalue weighted by atomic mass is 10.0. The Morgan fingerprint density at radius 3 is 2.72 bits per heavy atom. The molecule has 2 aliphatic rings. The van der Waals surface area contributed by atoms with E-state index in [4.69, 9.17) is 0 Å². The second kappa shape index (κ2) is 4.35. The van der Waals surface area contributed by atoms with Gasteiger partial charge in [-0.25, -0.2) is 13.4 Å². The minimum absolute atomic E-state index is 0.229. The monoisotopic (exact) mass is 270 g/mol. The zero-order chi connectivity index (χ0) is 12.8. The molecule has 3 heterocycles. The Kier molecular flexibility index (Phi) is 2.94. The molecule has 2 aliphatic heterocycles. The highest BCUT2D eigenvalue weighted by molar-refractivity contribution is 7.91. The molecule has 1 atom stereocenters. The first kappa shape index (κ1) is 12.2. The molecular formula is C12H18N2O3S. The van der Waals surface area contributed by atoms with Gasteiger partial charge in [-0.1, -0.05) is 0 Å². The van der Waals surface area contributed by atoms with Crippen molar-refractivity contribution in [2.75, 3.05) is 11.5 Å². The molecule has 0 spiro atoms. The molecule has 5 nitrogen and oxygen atoms in total. The minimum atomic E-state index is -2.83. The van der Waals surface area contributed by atoms with Gasteiger partial charge in [0.1, 0.15) is 15.7 Å². The summed E-state index contributed by atoms with van der Waals surface area (Å²) in [6.45, 7) is 0.605. The van der Waals surface area contributed by atoms with Gasteiger partial charge in [-0.3, -0.25) is 0 Å². The van der Waals surface area contributed by atoms with Crippen LogP contribution in [0.2, 0.25) is 0 Å². The average Bonchev–Trinajstić information content (AvgIpc) is 2.72. The van der Waals surface area contributed by atoms with Crippen LogP contribution in [0.3, 0.4) is 0 Å². The predicted molar refractivity (Wildman–Crippen MR) is 67.2 cm³/mol. The number of nitrogens with zero attached hydrogens (tertiary/aromatic N) is 2. The lowest BCUT2D eigenvalue weighted by Gasteiger charge is -2.26. The zero-order valence-electron chi connectivity index (χ0n) is 10.2. The Balaban J connectivity index is 1.84. The van der Waals surface area contributed by atoms with Gasteiger partial charge in [0.05, 0.1) is 24.2 Å². The van der Waals surface area contributed by atoms with Crippen molar-refractivity contribution < 1.29 is 13.5 Å². The number of hydrogen-bond donors (Lipinski definition) is 1. The molecule has 1 saturated heterocycles. The van der Waals surface area contributed by atoms with Crippen molar-refractivity contribution in [3.05, 3.63) is 17.7 Å². The van der Waals surface area contributed by atoms with Crippen molar-refractivity contribution >= 4 is 9.84 Å². The SMILES string of the molecule is O=S1(=O)CCC(c2ncc3n2CC(O)CC3)CC1. The third-order valence-electron chi connectivity index (χ3n) is 4.02. The average molecular weight is 270 g/mol. The van der Waals surface area contributed by atoms with Crippen LogP contribution in [0.4, 0.5) is 0 Å². The van der Waals surface area contributed by atoms with Crippen LogP contribution in [0, 0.1) is 0 Å². The highest BCUT2D eigenvalue weighted by atomic mass is 32.2. The van der Waals surface area contributed by atoms with E-state index in [0.717, 1.165) is 18.7 Å². The summed E-state index contributed by atoms with van der Waals surface area (Å²) in [5.74, 6) is 1.73. The fraction of sp³-hybridized carbons (Fsp3) is 0.750. The largest absolute Gasteiger partial charge is 0.391 e. The summed E-state index contributed by atoms with van der Waals surface area (Å²) in [6, 6.07) is 0.